The second-order valence-corrected chi connectivity index (χ2v) is 5.29. The molecular weight excluding hydrogens is 289 g/mol. The van der Waals surface area contributed by atoms with Crippen molar-refractivity contribution >= 4 is 17.3 Å². The number of thiazole rings is 1. The lowest BCUT2D eigenvalue weighted by Crippen LogP contribution is -1.94. The fourth-order valence-electron chi connectivity index (χ4n) is 1.94. The van der Waals surface area contributed by atoms with Crippen LogP contribution in [0.2, 0.25) is 0 Å². The van der Waals surface area contributed by atoms with Crippen molar-refractivity contribution in [3.05, 3.63) is 65.3 Å². The molecule has 104 valence electrons. The number of carboxylic acids is 1. The first-order valence-electron chi connectivity index (χ1n) is 6.19. The van der Waals surface area contributed by atoms with Gasteiger partial charge in [-0.05, 0) is 24.3 Å². The molecule has 0 spiro atoms. The summed E-state index contributed by atoms with van der Waals surface area (Å²) >= 11 is 1.42. The van der Waals surface area contributed by atoms with Crippen LogP contribution in [0.25, 0.3) is 21.8 Å². The van der Waals surface area contributed by atoms with E-state index in [1.165, 1.54) is 23.5 Å². The third-order valence-corrected chi connectivity index (χ3v) is 3.89. The van der Waals surface area contributed by atoms with Crippen molar-refractivity contribution in [2.45, 2.75) is 0 Å². The number of carbonyl (C=O) groups is 1. The number of aromatic nitrogens is 1. The Kier molecular flexibility index (Phi) is 3.50. The molecule has 3 nitrogen and oxygen atoms in total. The van der Waals surface area contributed by atoms with Gasteiger partial charge in [0.25, 0.3) is 0 Å². The maximum Gasteiger partial charge on any atom is 0.335 e. The predicted molar refractivity (Wildman–Crippen MR) is 79.9 cm³/mol. The minimum absolute atomic E-state index is 0.235. The van der Waals surface area contributed by atoms with Crippen LogP contribution in [0, 0.1) is 5.82 Å². The van der Waals surface area contributed by atoms with Gasteiger partial charge in [0, 0.05) is 16.5 Å². The number of halogens is 1. The second kappa shape index (κ2) is 5.46. The first-order chi connectivity index (χ1) is 10.1. The van der Waals surface area contributed by atoms with E-state index in [1.807, 2.05) is 5.38 Å². The first kappa shape index (κ1) is 13.5. The van der Waals surface area contributed by atoms with Crippen molar-refractivity contribution in [2.75, 3.05) is 0 Å². The van der Waals surface area contributed by atoms with E-state index in [9.17, 15) is 9.18 Å². The minimum atomic E-state index is -0.958. The van der Waals surface area contributed by atoms with Crippen LogP contribution < -0.4 is 0 Å². The Bertz CT molecular complexity index is 796. The summed E-state index contributed by atoms with van der Waals surface area (Å²) in [7, 11) is 0. The third-order valence-electron chi connectivity index (χ3n) is 3.00. The molecule has 1 heterocycles. The number of nitrogens with zero attached hydrogens (tertiary/aromatic N) is 1. The van der Waals surface area contributed by atoms with Gasteiger partial charge in [-0.1, -0.05) is 24.3 Å². The summed E-state index contributed by atoms with van der Waals surface area (Å²) in [6.07, 6.45) is 0. The molecule has 2 aromatic carbocycles. The van der Waals surface area contributed by atoms with Crippen LogP contribution >= 0.6 is 11.3 Å². The summed E-state index contributed by atoms with van der Waals surface area (Å²) in [5.74, 6) is -1.25. The van der Waals surface area contributed by atoms with Crippen molar-refractivity contribution in [1.29, 1.82) is 0 Å². The lowest BCUT2D eigenvalue weighted by atomic mass is 10.1. The smallest absolute Gasteiger partial charge is 0.335 e. The van der Waals surface area contributed by atoms with Gasteiger partial charge < -0.3 is 5.11 Å². The average molecular weight is 299 g/mol. The lowest BCUT2D eigenvalue weighted by molar-refractivity contribution is 0.0697. The molecule has 0 saturated heterocycles. The number of carboxylic acid groups (broad SMARTS) is 1. The summed E-state index contributed by atoms with van der Waals surface area (Å²) in [6.45, 7) is 0. The van der Waals surface area contributed by atoms with Crippen molar-refractivity contribution in [2.24, 2.45) is 0 Å². The summed E-state index contributed by atoms with van der Waals surface area (Å²) in [5, 5.41) is 11.5. The van der Waals surface area contributed by atoms with Gasteiger partial charge in [0.05, 0.1) is 11.3 Å². The molecule has 0 aliphatic carbocycles. The molecule has 0 unspecified atom stereocenters. The number of aromatic carboxylic acids is 1. The molecule has 5 heteroatoms. The topological polar surface area (TPSA) is 50.2 Å². The van der Waals surface area contributed by atoms with E-state index in [-0.39, 0.29) is 11.4 Å². The molecule has 3 rings (SSSR count). The molecule has 0 amide bonds. The van der Waals surface area contributed by atoms with Gasteiger partial charge in [-0.3, -0.25) is 0 Å². The van der Waals surface area contributed by atoms with Gasteiger partial charge in [-0.25, -0.2) is 14.2 Å². The fraction of sp³-hybridized carbons (Fsp3) is 0. The lowest BCUT2D eigenvalue weighted by Gasteiger charge is -1.98. The first-order valence-corrected chi connectivity index (χ1v) is 7.06. The fourth-order valence-corrected chi connectivity index (χ4v) is 2.77. The van der Waals surface area contributed by atoms with Crippen LogP contribution in [0.3, 0.4) is 0 Å². The molecule has 1 aromatic heterocycles. The molecule has 0 aliphatic rings. The highest BCUT2D eigenvalue weighted by atomic mass is 32.1. The van der Waals surface area contributed by atoms with Gasteiger partial charge in [-0.2, -0.15) is 0 Å². The summed E-state index contributed by atoms with van der Waals surface area (Å²) in [6, 6.07) is 12.8. The van der Waals surface area contributed by atoms with Gasteiger partial charge in [-0.15, -0.1) is 11.3 Å². The Morgan fingerprint density at radius 3 is 2.52 bits per heavy atom. The molecule has 0 fully saturated rings. The summed E-state index contributed by atoms with van der Waals surface area (Å²) in [4.78, 5) is 15.3. The van der Waals surface area contributed by atoms with Gasteiger partial charge >= 0.3 is 5.97 Å². The van der Waals surface area contributed by atoms with Crippen molar-refractivity contribution in [1.82, 2.24) is 4.98 Å². The number of rotatable bonds is 3. The van der Waals surface area contributed by atoms with Crippen molar-refractivity contribution in [3.8, 4) is 21.8 Å². The normalized spacial score (nSPS) is 10.5. The van der Waals surface area contributed by atoms with Crippen LogP contribution in [-0.4, -0.2) is 16.1 Å². The highest BCUT2D eigenvalue weighted by Crippen LogP contribution is 2.29. The minimum Gasteiger partial charge on any atom is -0.478 e. The quantitative estimate of drug-likeness (QED) is 0.783. The SMILES string of the molecule is O=C(O)c1ccc(-c2csc(-c3cccc(F)c3)n2)cc1. The van der Waals surface area contributed by atoms with E-state index < -0.39 is 5.97 Å². The summed E-state index contributed by atoms with van der Waals surface area (Å²) in [5.41, 5.74) is 2.54. The van der Waals surface area contributed by atoms with E-state index in [2.05, 4.69) is 4.98 Å². The van der Waals surface area contributed by atoms with E-state index in [0.717, 1.165) is 21.8 Å². The molecule has 0 saturated carbocycles. The monoisotopic (exact) mass is 299 g/mol. The third kappa shape index (κ3) is 2.83. The molecule has 0 radical (unpaired) electrons. The Balaban J connectivity index is 1.93. The van der Waals surface area contributed by atoms with E-state index in [0.29, 0.717) is 0 Å². The highest BCUT2D eigenvalue weighted by molar-refractivity contribution is 7.13. The van der Waals surface area contributed by atoms with E-state index >= 15 is 0 Å². The van der Waals surface area contributed by atoms with Crippen LogP contribution in [0.15, 0.2) is 53.9 Å². The van der Waals surface area contributed by atoms with Gasteiger partial charge in [0.15, 0.2) is 0 Å². The van der Waals surface area contributed by atoms with Crippen LogP contribution in [0.1, 0.15) is 10.4 Å². The van der Waals surface area contributed by atoms with E-state index in [4.69, 9.17) is 5.11 Å². The Labute approximate surface area is 124 Å². The number of benzene rings is 2. The highest BCUT2D eigenvalue weighted by Gasteiger charge is 2.08. The Hall–Kier alpha value is -2.53. The molecule has 0 bridgehead atoms. The van der Waals surface area contributed by atoms with Crippen LogP contribution in [0.5, 0.6) is 0 Å². The molecular formula is C16H10FNO2S. The predicted octanol–water partition coefficient (Wildman–Crippen LogP) is 4.31. The average Bonchev–Trinajstić information content (AvgIpc) is 2.97. The number of hydrogen-bond acceptors (Lipinski definition) is 3. The molecule has 0 atom stereocenters. The summed E-state index contributed by atoms with van der Waals surface area (Å²) < 4.78 is 13.2. The zero-order chi connectivity index (χ0) is 14.8. The second-order valence-electron chi connectivity index (χ2n) is 4.43. The molecule has 1 N–H and O–H groups in total. The Morgan fingerprint density at radius 1 is 1.10 bits per heavy atom. The van der Waals surface area contributed by atoms with Crippen molar-refractivity contribution < 1.29 is 14.3 Å². The van der Waals surface area contributed by atoms with E-state index in [1.54, 1.807) is 36.4 Å². The maximum absolute atomic E-state index is 13.2. The molecule has 3 aromatic rings. The molecule has 0 aliphatic heterocycles. The standard InChI is InChI=1S/C16H10FNO2S/c17-13-3-1-2-12(8-13)15-18-14(9-21-15)10-4-6-11(7-5-10)16(19)20/h1-9H,(H,19,20). The Morgan fingerprint density at radius 2 is 1.86 bits per heavy atom. The van der Waals surface area contributed by atoms with Crippen LogP contribution in [-0.2, 0) is 0 Å². The molecule has 21 heavy (non-hydrogen) atoms. The zero-order valence-electron chi connectivity index (χ0n) is 10.8. The zero-order valence-corrected chi connectivity index (χ0v) is 11.6. The maximum atomic E-state index is 13.2. The largest absolute Gasteiger partial charge is 0.478 e. The van der Waals surface area contributed by atoms with Crippen molar-refractivity contribution in [3.63, 3.8) is 0 Å². The van der Waals surface area contributed by atoms with Gasteiger partial charge in [0.2, 0.25) is 0 Å². The number of hydrogen-bond donors (Lipinski definition) is 1. The van der Waals surface area contributed by atoms with Crippen LogP contribution in [0.4, 0.5) is 4.39 Å². The van der Waals surface area contributed by atoms with Gasteiger partial charge in [0.1, 0.15) is 10.8 Å².